The number of carbonyl (C=O) groups excluding carboxylic acids is 7. The molecule has 0 spiro atoms. The predicted molar refractivity (Wildman–Crippen MR) is 249 cm³/mol. The molecule has 19 heteroatoms. The number of carboxylic acid groups (broad SMARTS) is 2. The average Bonchev–Trinajstić information content (AvgIpc) is 3.17. The van der Waals surface area contributed by atoms with E-state index >= 15 is 0 Å². The number of carboxylic acids is 2. The van der Waals surface area contributed by atoms with E-state index in [1.807, 2.05) is 48.5 Å². The normalized spacial score (nSPS) is 13.6. The van der Waals surface area contributed by atoms with Crippen LogP contribution < -0.4 is 43.4 Å². The topological polar surface area (TPSA) is 318 Å². The van der Waals surface area contributed by atoms with Gasteiger partial charge in [0.2, 0.25) is 23.6 Å². The van der Waals surface area contributed by atoms with Crippen LogP contribution in [0.25, 0.3) is 0 Å². The van der Waals surface area contributed by atoms with E-state index in [1.165, 1.54) is 0 Å². The number of rotatable bonds is 36. The first-order valence-electron chi connectivity index (χ1n) is 22.8. The summed E-state index contributed by atoms with van der Waals surface area (Å²) in [5.74, 6) is -3.99. The SMILES string of the molecule is C=C(N)NCCCC(C=O)NC(=O)C(CC(C)C)NC(=O)CC(=O)CC(CC)CC(=O)O.C=C(N)NCCCC(NC(=O)C(CC(C)C)NC(=O)CC(=O)CC(CC)CC(=O)O)C(C)C. The van der Waals surface area contributed by atoms with Crippen LogP contribution in [0.4, 0.5) is 0 Å². The number of amides is 4. The molecule has 12 N–H and O–H groups in total. The molecule has 0 aromatic carbocycles. The van der Waals surface area contributed by atoms with Gasteiger partial charge in [-0.25, -0.2) is 0 Å². The molecule has 0 saturated heterocycles. The Morgan fingerprint density at radius 3 is 1.29 bits per heavy atom. The van der Waals surface area contributed by atoms with Crippen molar-refractivity contribution in [3.05, 3.63) is 24.8 Å². The van der Waals surface area contributed by atoms with Crippen molar-refractivity contribution in [3.8, 4) is 0 Å². The van der Waals surface area contributed by atoms with Crippen molar-refractivity contribution in [1.82, 2.24) is 31.9 Å². The second-order valence-electron chi connectivity index (χ2n) is 17.9. The minimum Gasteiger partial charge on any atom is -0.481 e. The molecule has 0 rings (SSSR count). The molecule has 65 heavy (non-hydrogen) atoms. The van der Waals surface area contributed by atoms with Gasteiger partial charge in [0.1, 0.15) is 29.9 Å². The second kappa shape index (κ2) is 34.9. The predicted octanol–water partition coefficient (Wildman–Crippen LogP) is 3.16. The summed E-state index contributed by atoms with van der Waals surface area (Å²) in [7, 11) is 0. The zero-order valence-electron chi connectivity index (χ0n) is 40.2. The standard InChI is InChI=1S/C24H44N4O5.C22H38N4O6/c1-7-18(13-23(31)32)12-19(29)14-22(30)27-21(11-15(2)3)24(33)28-20(16(4)5)9-8-10-26-17(6)25;1-5-16(11-21(30)31)10-18(28)12-20(29)26-19(9-14(2)3)22(32)25-17(13-27)7-6-8-24-15(4)23/h15-16,18,20-21,26H,6-14,25H2,1-5H3,(H,27,30)(H,28,33)(H,31,32);13-14,16-17,19,24H,4-12,23H2,1-3H3,(H,25,32)(H,26,29)(H,30,31). The van der Waals surface area contributed by atoms with E-state index in [1.54, 1.807) is 6.92 Å². The number of hydrogen-bond donors (Lipinski definition) is 10. The highest BCUT2D eigenvalue weighted by Gasteiger charge is 2.28. The molecule has 0 aliphatic rings. The number of Topliss-reactive ketones (excluding diaryl/α,β-unsaturated/α-hetero) is 2. The summed E-state index contributed by atoms with van der Waals surface area (Å²) in [4.78, 5) is 108. The van der Waals surface area contributed by atoms with Crippen molar-refractivity contribution in [2.24, 2.45) is 41.1 Å². The van der Waals surface area contributed by atoms with Crippen molar-refractivity contribution >= 4 is 53.4 Å². The maximum atomic E-state index is 13.0. The summed E-state index contributed by atoms with van der Waals surface area (Å²) < 4.78 is 0. The van der Waals surface area contributed by atoms with Gasteiger partial charge in [-0.3, -0.25) is 38.4 Å². The molecule has 0 saturated carbocycles. The molecule has 0 fully saturated rings. The number of carbonyl (C=O) groups is 9. The van der Waals surface area contributed by atoms with Crippen molar-refractivity contribution < 1.29 is 53.4 Å². The minimum atomic E-state index is -0.990. The van der Waals surface area contributed by atoms with Crippen LogP contribution in [-0.4, -0.2) is 101 Å². The van der Waals surface area contributed by atoms with E-state index < -0.39 is 54.2 Å². The lowest BCUT2D eigenvalue weighted by Crippen LogP contribution is -2.51. The zero-order valence-corrected chi connectivity index (χ0v) is 40.2. The van der Waals surface area contributed by atoms with Crippen molar-refractivity contribution in [2.45, 2.75) is 169 Å². The molecule has 0 radical (unpaired) electrons. The van der Waals surface area contributed by atoms with Gasteiger partial charge in [0, 0.05) is 44.8 Å². The number of ketones is 2. The maximum absolute atomic E-state index is 13.0. The lowest BCUT2D eigenvalue weighted by Gasteiger charge is -2.27. The highest BCUT2D eigenvalue weighted by molar-refractivity contribution is 6.00. The number of nitrogens with two attached hydrogens (primary N) is 2. The molecule has 6 atom stereocenters. The van der Waals surface area contributed by atoms with Crippen molar-refractivity contribution in [2.75, 3.05) is 13.1 Å². The van der Waals surface area contributed by atoms with Crippen molar-refractivity contribution in [1.29, 1.82) is 0 Å². The highest BCUT2D eigenvalue weighted by Crippen LogP contribution is 2.17. The van der Waals surface area contributed by atoms with Gasteiger partial charge < -0.3 is 58.4 Å². The van der Waals surface area contributed by atoms with Crippen molar-refractivity contribution in [3.63, 3.8) is 0 Å². The summed E-state index contributed by atoms with van der Waals surface area (Å²) in [6.07, 6.45) is 3.99. The van der Waals surface area contributed by atoms with E-state index in [9.17, 15) is 43.2 Å². The molecule has 4 amide bonds. The Hall–Kier alpha value is -5.49. The fraction of sp³-hybridized carbons (Fsp3) is 0.717. The van der Waals surface area contributed by atoms with Crippen LogP contribution in [0, 0.1) is 29.6 Å². The molecule has 0 aromatic rings. The Morgan fingerprint density at radius 2 is 0.969 bits per heavy atom. The van der Waals surface area contributed by atoms with Crippen LogP contribution in [0.5, 0.6) is 0 Å². The van der Waals surface area contributed by atoms with Crippen LogP contribution in [0.3, 0.4) is 0 Å². The first kappa shape index (κ1) is 61.6. The van der Waals surface area contributed by atoms with E-state index in [2.05, 4.69) is 45.1 Å². The molecule has 0 bridgehead atoms. The van der Waals surface area contributed by atoms with Gasteiger partial charge in [-0.05, 0) is 68.1 Å². The highest BCUT2D eigenvalue weighted by atomic mass is 16.4. The smallest absolute Gasteiger partial charge is 0.303 e. The lowest BCUT2D eigenvalue weighted by molar-refractivity contribution is -0.139. The van der Waals surface area contributed by atoms with Gasteiger partial charge in [0.25, 0.3) is 0 Å². The lowest BCUT2D eigenvalue weighted by atomic mass is 9.94. The third-order valence-corrected chi connectivity index (χ3v) is 10.3. The van der Waals surface area contributed by atoms with Crippen LogP contribution in [-0.2, 0) is 43.2 Å². The van der Waals surface area contributed by atoms with Gasteiger partial charge in [0.05, 0.1) is 30.5 Å². The van der Waals surface area contributed by atoms with Gasteiger partial charge in [0.15, 0.2) is 0 Å². The van der Waals surface area contributed by atoms with Crippen LogP contribution in [0.1, 0.15) is 145 Å². The molecular formula is C46H82N8O11. The van der Waals surface area contributed by atoms with Gasteiger partial charge >= 0.3 is 11.9 Å². The van der Waals surface area contributed by atoms with Crippen LogP contribution >= 0.6 is 0 Å². The van der Waals surface area contributed by atoms with Gasteiger partial charge in [-0.1, -0.05) is 81.4 Å². The first-order valence-corrected chi connectivity index (χ1v) is 22.8. The fourth-order valence-electron chi connectivity index (χ4n) is 6.71. The summed E-state index contributed by atoms with van der Waals surface area (Å²) in [6, 6.07) is -2.42. The van der Waals surface area contributed by atoms with Crippen LogP contribution in [0.2, 0.25) is 0 Å². The summed E-state index contributed by atoms with van der Waals surface area (Å²) in [6.45, 7) is 23.6. The Bertz CT molecular complexity index is 1550. The molecular weight excluding hydrogens is 841 g/mol. The molecule has 6 unspecified atom stereocenters. The number of nitrogens with one attached hydrogen (secondary N) is 6. The first-order chi connectivity index (χ1) is 30.3. The fourth-order valence-corrected chi connectivity index (χ4v) is 6.71. The second-order valence-corrected chi connectivity index (χ2v) is 17.9. The molecule has 0 heterocycles. The molecule has 372 valence electrons. The molecule has 0 aliphatic carbocycles. The van der Waals surface area contributed by atoms with Crippen LogP contribution in [0.15, 0.2) is 24.8 Å². The van der Waals surface area contributed by atoms with E-state index in [0.29, 0.717) is 69.5 Å². The van der Waals surface area contributed by atoms with E-state index in [-0.39, 0.29) is 85.2 Å². The summed E-state index contributed by atoms with van der Waals surface area (Å²) in [5.41, 5.74) is 10.9. The quantitative estimate of drug-likeness (QED) is 0.0245. The number of aldehydes is 1. The third-order valence-electron chi connectivity index (χ3n) is 10.3. The summed E-state index contributed by atoms with van der Waals surface area (Å²) >= 11 is 0. The molecule has 0 aromatic heterocycles. The average molecular weight is 923 g/mol. The maximum Gasteiger partial charge on any atom is 0.303 e. The van der Waals surface area contributed by atoms with Gasteiger partial charge in [-0.15, -0.1) is 0 Å². The number of aliphatic carboxylic acids is 2. The largest absolute Gasteiger partial charge is 0.481 e. The Balaban J connectivity index is 0. The van der Waals surface area contributed by atoms with E-state index in [0.717, 1.165) is 12.8 Å². The zero-order chi connectivity index (χ0) is 50.2. The third kappa shape index (κ3) is 33.7. The Labute approximate surface area is 386 Å². The molecule has 0 aliphatic heterocycles. The Kier molecular flexibility index (Phi) is 33.0. The molecule has 19 nitrogen and oxygen atoms in total. The summed E-state index contributed by atoms with van der Waals surface area (Å²) in [5, 5.41) is 34.6. The number of hydrogen-bond acceptors (Lipinski definition) is 13. The minimum absolute atomic E-state index is 0.00621. The van der Waals surface area contributed by atoms with Gasteiger partial charge in [-0.2, -0.15) is 0 Å². The Morgan fingerprint density at radius 1 is 0.585 bits per heavy atom. The monoisotopic (exact) mass is 923 g/mol. The van der Waals surface area contributed by atoms with E-state index in [4.69, 9.17) is 21.7 Å².